The molecule has 0 aromatic carbocycles. The van der Waals surface area contributed by atoms with Crippen molar-refractivity contribution in [3.05, 3.63) is 48.0 Å². The van der Waals surface area contributed by atoms with Crippen molar-refractivity contribution >= 4 is 5.91 Å². The van der Waals surface area contributed by atoms with Gasteiger partial charge in [0, 0.05) is 63.9 Å². The molecule has 0 atom stereocenters. The Morgan fingerprint density at radius 3 is 2.86 bits per heavy atom. The van der Waals surface area contributed by atoms with Crippen molar-refractivity contribution in [2.24, 2.45) is 7.05 Å². The molecule has 0 unspecified atom stereocenters. The third-order valence-electron chi connectivity index (χ3n) is 3.95. The molecular formula is C16H21N5O. The number of amides is 1. The lowest BCUT2D eigenvalue weighted by Gasteiger charge is -2.21. The van der Waals surface area contributed by atoms with Gasteiger partial charge in [-0.15, -0.1) is 0 Å². The van der Waals surface area contributed by atoms with E-state index in [-0.39, 0.29) is 5.91 Å². The molecule has 22 heavy (non-hydrogen) atoms. The molecule has 6 nitrogen and oxygen atoms in total. The SMILES string of the molecule is Cn1cc(CN2CCCN(C(=O)c3cccnc3)CC2)cn1. The van der Waals surface area contributed by atoms with Gasteiger partial charge in [-0.05, 0) is 18.6 Å². The van der Waals surface area contributed by atoms with Gasteiger partial charge in [0.05, 0.1) is 11.8 Å². The smallest absolute Gasteiger partial charge is 0.255 e. The number of carbonyl (C=O) groups excluding carboxylic acids is 1. The average molecular weight is 299 g/mol. The number of hydrogen-bond donors (Lipinski definition) is 0. The molecular weight excluding hydrogens is 278 g/mol. The normalized spacial score (nSPS) is 16.5. The van der Waals surface area contributed by atoms with Crippen LogP contribution >= 0.6 is 0 Å². The maximum Gasteiger partial charge on any atom is 0.255 e. The van der Waals surface area contributed by atoms with Crippen molar-refractivity contribution in [2.75, 3.05) is 26.2 Å². The Hall–Kier alpha value is -2.21. The minimum absolute atomic E-state index is 0.0799. The highest BCUT2D eigenvalue weighted by atomic mass is 16.2. The van der Waals surface area contributed by atoms with Gasteiger partial charge in [0.2, 0.25) is 0 Å². The third-order valence-corrected chi connectivity index (χ3v) is 3.95. The fourth-order valence-corrected chi connectivity index (χ4v) is 2.82. The Labute approximate surface area is 130 Å². The maximum absolute atomic E-state index is 12.5. The highest BCUT2D eigenvalue weighted by Crippen LogP contribution is 2.11. The number of pyridine rings is 1. The minimum Gasteiger partial charge on any atom is -0.337 e. The largest absolute Gasteiger partial charge is 0.337 e. The molecule has 1 aliphatic heterocycles. The fraction of sp³-hybridized carbons (Fsp3) is 0.438. The van der Waals surface area contributed by atoms with Crippen LogP contribution in [0.15, 0.2) is 36.9 Å². The number of aromatic nitrogens is 3. The van der Waals surface area contributed by atoms with Crippen molar-refractivity contribution in [1.29, 1.82) is 0 Å². The van der Waals surface area contributed by atoms with Crippen LogP contribution < -0.4 is 0 Å². The highest BCUT2D eigenvalue weighted by molar-refractivity contribution is 5.93. The number of rotatable bonds is 3. The number of nitrogens with zero attached hydrogens (tertiary/aromatic N) is 5. The lowest BCUT2D eigenvalue weighted by molar-refractivity contribution is 0.0760. The summed E-state index contributed by atoms with van der Waals surface area (Å²) >= 11 is 0. The summed E-state index contributed by atoms with van der Waals surface area (Å²) in [7, 11) is 1.93. The van der Waals surface area contributed by atoms with Gasteiger partial charge in [0.15, 0.2) is 0 Å². The average Bonchev–Trinajstić information content (AvgIpc) is 2.81. The summed E-state index contributed by atoms with van der Waals surface area (Å²) < 4.78 is 1.82. The number of carbonyl (C=O) groups is 1. The monoisotopic (exact) mass is 299 g/mol. The first-order valence-electron chi connectivity index (χ1n) is 7.61. The van der Waals surface area contributed by atoms with Crippen LogP contribution in [-0.4, -0.2) is 56.7 Å². The molecule has 3 rings (SSSR count). The molecule has 6 heteroatoms. The molecule has 1 fully saturated rings. The number of hydrogen-bond acceptors (Lipinski definition) is 4. The molecule has 0 bridgehead atoms. The van der Waals surface area contributed by atoms with Crippen LogP contribution in [0.3, 0.4) is 0 Å². The third kappa shape index (κ3) is 3.51. The Kier molecular flexibility index (Phi) is 4.48. The number of aryl methyl sites for hydroxylation is 1. The van der Waals surface area contributed by atoms with Crippen LogP contribution in [0.1, 0.15) is 22.3 Å². The van der Waals surface area contributed by atoms with Crippen molar-refractivity contribution in [3.8, 4) is 0 Å². The van der Waals surface area contributed by atoms with Gasteiger partial charge in [-0.1, -0.05) is 0 Å². The summed E-state index contributed by atoms with van der Waals surface area (Å²) in [4.78, 5) is 20.8. The first-order valence-corrected chi connectivity index (χ1v) is 7.61. The second kappa shape index (κ2) is 6.70. The van der Waals surface area contributed by atoms with E-state index in [2.05, 4.69) is 15.0 Å². The van der Waals surface area contributed by atoms with Crippen molar-refractivity contribution in [2.45, 2.75) is 13.0 Å². The van der Waals surface area contributed by atoms with E-state index in [0.717, 1.165) is 39.1 Å². The quantitative estimate of drug-likeness (QED) is 0.853. The van der Waals surface area contributed by atoms with Crippen LogP contribution in [0, 0.1) is 0 Å². The van der Waals surface area contributed by atoms with Gasteiger partial charge < -0.3 is 4.90 Å². The van der Waals surface area contributed by atoms with Crippen molar-refractivity contribution < 1.29 is 4.79 Å². The van der Waals surface area contributed by atoms with Gasteiger partial charge in [-0.2, -0.15) is 5.10 Å². The molecule has 1 amide bonds. The molecule has 2 aromatic heterocycles. The maximum atomic E-state index is 12.5. The molecule has 0 aliphatic carbocycles. The van der Waals surface area contributed by atoms with E-state index in [1.807, 2.05) is 35.1 Å². The zero-order valence-corrected chi connectivity index (χ0v) is 12.9. The molecule has 0 N–H and O–H groups in total. The first kappa shape index (κ1) is 14.7. The highest BCUT2D eigenvalue weighted by Gasteiger charge is 2.20. The van der Waals surface area contributed by atoms with E-state index in [1.165, 1.54) is 5.56 Å². The summed E-state index contributed by atoms with van der Waals surface area (Å²) in [6.45, 7) is 4.35. The van der Waals surface area contributed by atoms with Gasteiger partial charge in [-0.3, -0.25) is 19.4 Å². The zero-order valence-electron chi connectivity index (χ0n) is 12.9. The van der Waals surface area contributed by atoms with Crippen molar-refractivity contribution in [1.82, 2.24) is 24.6 Å². The van der Waals surface area contributed by atoms with Crippen molar-refractivity contribution in [3.63, 3.8) is 0 Å². The Morgan fingerprint density at radius 2 is 2.14 bits per heavy atom. The Balaban J connectivity index is 1.59. The van der Waals surface area contributed by atoms with Gasteiger partial charge in [0.1, 0.15) is 0 Å². The van der Waals surface area contributed by atoms with Crippen LogP contribution in [-0.2, 0) is 13.6 Å². The molecule has 3 heterocycles. The molecule has 0 radical (unpaired) electrons. The van der Waals surface area contributed by atoms with Crippen LogP contribution in [0.2, 0.25) is 0 Å². The zero-order chi connectivity index (χ0) is 15.4. The summed E-state index contributed by atoms with van der Waals surface area (Å²) in [5, 5.41) is 4.21. The Bertz CT molecular complexity index is 624. The summed E-state index contributed by atoms with van der Waals surface area (Å²) in [5.41, 5.74) is 1.89. The molecule has 0 spiro atoms. The van der Waals surface area contributed by atoms with E-state index in [4.69, 9.17) is 0 Å². The molecule has 2 aromatic rings. The lowest BCUT2D eigenvalue weighted by Crippen LogP contribution is -2.35. The standard InChI is InChI=1S/C16H21N5O/c1-19-12-14(10-18-19)13-20-6-3-7-21(9-8-20)16(22)15-4-2-5-17-11-15/h2,4-5,10-12H,3,6-9,13H2,1H3. The van der Waals surface area contributed by atoms with Crippen LogP contribution in [0.25, 0.3) is 0 Å². The predicted molar refractivity (Wildman–Crippen MR) is 83.2 cm³/mol. The first-order chi connectivity index (χ1) is 10.7. The van der Waals surface area contributed by atoms with Gasteiger partial charge in [0.25, 0.3) is 5.91 Å². The van der Waals surface area contributed by atoms with E-state index in [0.29, 0.717) is 5.56 Å². The van der Waals surface area contributed by atoms with E-state index < -0.39 is 0 Å². The fourth-order valence-electron chi connectivity index (χ4n) is 2.82. The van der Waals surface area contributed by atoms with Crippen LogP contribution in [0.4, 0.5) is 0 Å². The lowest BCUT2D eigenvalue weighted by atomic mass is 10.2. The van der Waals surface area contributed by atoms with E-state index in [9.17, 15) is 4.79 Å². The molecule has 0 saturated carbocycles. The predicted octanol–water partition coefficient (Wildman–Crippen LogP) is 1.16. The second-order valence-corrected chi connectivity index (χ2v) is 5.69. The second-order valence-electron chi connectivity index (χ2n) is 5.69. The van der Waals surface area contributed by atoms with E-state index in [1.54, 1.807) is 18.5 Å². The van der Waals surface area contributed by atoms with E-state index >= 15 is 0 Å². The van der Waals surface area contributed by atoms with Crippen LogP contribution in [0.5, 0.6) is 0 Å². The Morgan fingerprint density at radius 1 is 1.23 bits per heavy atom. The summed E-state index contributed by atoms with van der Waals surface area (Å²) in [6, 6.07) is 3.63. The summed E-state index contributed by atoms with van der Waals surface area (Å²) in [5.74, 6) is 0.0799. The van der Waals surface area contributed by atoms with Gasteiger partial charge in [-0.25, -0.2) is 0 Å². The van der Waals surface area contributed by atoms with Gasteiger partial charge >= 0.3 is 0 Å². The molecule has 116 valence electrons. The minimum atomic E-state index is 0.0799. The molecule has 1 saturated heterocycles. The molecule has 1 aliphatic rings. The topological polar surface area (TPSA) is 54.3 Å². The summed E-state index contributed by atoms with van der Waals surface area (Å²) in [6.07, 6.45) is 8.27.